The number of nitrogens with one attached hydrogen (secondary N) is 3. The molecule has 13 heteroatoms. The summed E-state index contributed by atoms with van der Waals surface area (Å²) in [5, 5.41) is 35.1. The zero-order valence-electron chi connectivity index (χ0n) is 21.7. The van der Waals surface area contributed by atoms with Crippen LogP contribution in [0, 0.1) is 5.92 Å². The lowest BCUT2D eigenvalue weighted by molar-refractivity contribution is -0.147. The van der Waals surface area contributed by atoms with Gasteiger partial charge in [0.25, 0.3) is 0 Å². The first-order valence-electron chi connectivity index (χ1n) is 12.4. The molecule has 0 aliphatic heterocycles. The molecular weight excluding hydrogens is 498 g/mol. The lowest BCUT2D eigenvalue weighted by Crippen LogP contribution is -2.58. The van der Waals surface area contributed by atoms with E-state index in [9.17, 15) is 34.2 Å². The number of carboxylic acids is 2. The zero-order valence-corrected chi connectivity index (χ0v) is 21.7. The second-order valence-corrected chi connectivity index (χ2v) is 9.51. The minimum absolute atomic E-state index is 0.0140. The zero-order chi connectivity index (χ0) is 28.8. The Labute approximate surface area is 221 Å². The van der Waals surface area contributed by atoms with Gasteiger partial charge in [-0.25, -0.2) is 4.79 Å². The van der Waals surface area contributed by atoms with Crippen molar-refractivity contribution in [1.29, 1.82) is 0 Å². The molecule has 0 fully saturated rings. The predicted octanol–water partition coefficient (Wildman–Crippen LogP) is -0.549. The molecule has 1 aromatic carbocycles. The summed E-state index contributed by atoms with van der Waals surface area (Å²) < 4.78 is 0. The molecule has 0 radical (unpaired) electrons. The molecule has 1 aromatic rings. The highest BCUT2D eigenvalue weighted by atomic mass is 16.4. The maximum Gasteiger partial charge on any atom is 0.326 e. The summed E-state index contributed by atoms with van der Waals surface area (Å²) in [5.74, 6) is -5.18. The second kappa shape index (κ2) is 16.2. The van der Waals surface area contributed by atoms with Gasteiger partial charge in [-0.05, 0) is 49.4 Å². The molecule has 0 aliphatic carbocycles. The van der Waals surface area contributed by atoms with E-state index in [2.05, 4.69) is 16.0 Å². The van der Waals surface area contributed by atoms with Crippen LogP contribution in [0.3, 0.4) is 0 Å². The van der Waals surface area contributed by atoms with Gasteiger partial charge in [0.05, 0.1) is 12.5 Å². The summed E-state index contributed by atoms with van der Waals surface area (Å²) in [7, 11) is 0. The number of phenols is 1. The quantitative estimate of drug-likeness (QED) is 0.118. The van der Waals surface area contributed by atoms with E-state index in [1.54, 1.807) is 26.0 Å². The number of benzene rings is 1. The number of carbonyl (C=O) groups excluding carboxylic acids is 3. The van der Waals surface area contributed by atoms with Crippen molar-refractivity contribution in [3.63, 3.8) is 0 Å². The van der Waals surface area contributed by atoms with E-state index < -0.39 is 60.2 Å². The van der Waals surface area contributed by atoms with Gasteiger partial charge in [-0.15, -0.1) is 0 Å². The first-order chi connectivity index (χ1) is 17.8. The fourth-order valence-electron chi connectivity index (χ4n) is 3.62. The summed E-state index contributed by atoms with van der Waals surface area (Å²) in [5.41, 5.74) is 12.1. The van der Waals surface area contributed by atoms with Gasteiger partial charge in [0.2, 0.25) is 17.7 Å². The smallest absolute Gasteiger partial charge is 0.326 e. The van der Waals surface area contributed by atoms with Crippen LogP contribution in [-0.4, -0.2) is 75.7 Å². The number of aliphatic carboxylic acids is 2. The number of rotatable bonds is 17. The molecule has 4 atom stereocenters. The molecule has 0 saturated heterocycles. The molecule has 0 saturated carbocycles. The Kier molecular flexibility index (Phi) is 13.8. The summed E-state index contributed by atoms with van der Waals surface area (Å²) in [6.07, 6.45) is 0.955. The van der Waals surface area contributed by atoms with Gasteiger partial charge in [-0.3, -0.25) is 19.2 Å². The molecule has 0 heterocycles. The Morgan fingerprint density at radius 3 is 1.92 bits per heavy atom. The van der Waals surface area contributed by atoms with Crippen LogP contribution >= 0.6 is 0 Å². The minimum atomic E-state index is -1.69. The molecule has 3 amide bonds. The van der Waals surface area contributed by atoms with Crippen LogP contribution in [0.25, 0.3) is 0 Å². The molecule has 13 nitrogen and oxygen atoms in total. The molecule has 0 bridgehead atoms. The minimum Gasteiger partial charge on any atom is -0.508 e. The van der Waals surface area contributed by atoms with Gasteiger partial charge in [0.15, 0.2) is 0 Å². The highest BCUT2D eigenvalue weighted by Gasteiger charge is 2.31. The lowest BCUT2D eigenvalue weighted by atomic mass is 10.00. The van der Waals surface area contributed by atoms with E-state index in [-0.39, 0.29) is 24.5 Å². The van der Waals surface area contributed by atoms with Crippen molar-refractivity contribution in [3.8, 4) is 5.75 Å². The van der Waals surface area contributed by atoms with Crippen LogP contribution in [0.1, 0.15) is 51.5 Å². The van der Waals surface area contributed by atoms with Crippen molar-refractivity contribution in [2.75, 3.05) is 6.54 Å². The third kappa shape index (κ3) is 12.0. The summed E-state index contributed by atoms with van der Waals surface area (Å²) >= 11 is 0. The highest BCUT2D eigenvalue weighted by Crippen LogP contribution is 2.13. The topological polar surface area (TPSA) is 234 Å². The normalized spacial score (nSPS) is 14.1. The molecule has 38 heavy (non-hydrogen) atoms. The van der Waals surface area contributed by atoms with Crippen molar-refractivity contribution in [2.24, 2.45) is 17.4 Å². The fraction of sp³-hybridized carbons (Fsp3) is 0.560. The number of hydrogen-bond donors (Lipinski definition) is 8. The van der Waals surface area contributed by atoms with Crippen LogP contribution in [0.15, 0.2) is 24.3 Å². The lowest BCUT2D eigenvalue weighted by Gasteiger charge is -2.26. The summed E-state index contributed by atoms with van der Waals surface area (Å²) in [6.45, 7) is 4.03. The van der Waals surface area contributed by atoms with E-state index in [4.69, 9.17) is 16.6 Å². The number of unbranched alkanes of at least 4 members (excludes halogenated alkanes) is 1. The average Bonchev–Trinajstić information content (AvgIpc) is 2.83. The van der Waals surface area contributed by atoms with Gasteiger partial charge < -0.3 is 42.7 Å². The largest absolute Gasteiger partial charge is 0.508 e. The maximum absolute atomic E-state index is 13.3. The van der Waals surface area contributed by atoms with E-state index in [0.29, 0.717) is 31.4 Å². The third-order valence-electron chi connectivity index (χ3n) is 5.65. The molecule has 212 valence electrons. The van der Waals surface area contributed by atoms with Crippen LogP contribution in [0.2, 0.25) is 0 Å². The molecule has 10 N–H and O–H groups in total. The van der Waals surface area contributed by atoms with Crippen LogP contribution < -0.4 is 27.4 Å². The molecular formula is C25H39N5O8. The van der Waals surface area contributed by atoms with Gasteiger partial charge in [-0.1, -0.05) is 32.4 Å². The van der Waals surface area contributed by atoms with Crippen molar-refractivity contribution in [3.05, 3.63) is 29.8 Å². The van der Waals surface area contributed by atoms with Crippen molar-refractivity contribution >= 4 is 29.7 Å². The van der Waals surface area contributed by atoms with Crippen molar-refractivity contribution in [1.82, 2.24) is 16.0 Å². The number of carboxylic acid groups (broad SMARTS) is 2. The number of nitrogens with two attached hydrogens (primary N) is 2. The third-order valence-corrected chi connectivity index (χ3v) is 5.65. The molecule has 0 spiro atoms. The van der Waals surface area contributed by atoms with E-state index >= 15 is 0 Å². The van der Waals surface area contributed by atoms with Crippen LogP contribution in [-0.2, 0) is 30.4 Å². The van der Waals surface area contributed by atoms with E-state index in [1.807, 2.05) is 0 Å². The monoisotopic (exact) mass is 537 g/mol. The standard InChI is InChI=1S/C25H39N5O8/c1-14(2)11-18(23(35)30-20(25(37)38)13-21(32)33)29-24(36)19(12-15-6-8-16(31)9-7-15)28-22(34)17(27)5-3-4-10-26/h6-9,14,17-20,31H,3-5,10-13,26-27H2,1-2H3,(H,28,34)(H,29,36)(H,30,35)(H,32,33)(H,37,38)/t17-,18-,19-,20-/m0/s1. The number of hydrogen-bond acceptors (Lipinski definition) is 8. The predicted molar refractivity (Wildman–Crippen MR) is 138 cm³/mol. The number of phenolic OH excluding ortho intramolecular Hbond substituents is 1. The van der Waals surface area contributed by atoms with Crippen LogP contribution in [0.4, 0.5) is 0 Å². The summed E-state index contributed by atoms with van der Waals surface area (Å²) in [4.78, 5) is 61.3. The van der Waals surface area contributed by atoms with Gasteiger partial charge in [0.1, 0.15) is 23.9 Å². The second-order valence-electron chi connectivity index (χ2n) is 9.51. The number of carbonyl (C=O) groups is 5. The average molecular weight is 538 g/mol. The SMILES string of the molecule is CC(C)C[C@H](NC(=O)[C@H](Cc1ccc(O)cc1)NC(=O)[C@@H](N)CCCCN)C(=O)N[C@@H](CC(=O)O)C(=O)O. The Balaban J connectivity index is 3.11. The molecule has 1 rings (SSSR count). The van der Waals surface area contributed by atoms with Crippen LogP contribution in [0.5, 0.6) is 5.75 Å². The van der Waals surface area contributed by atoms with Gasteiger partial charge in [-0.2, -0.15) is 0 Å². The molecule has 0 aliphatic rings. The Bertz CT molecular complexity index is 954. The van der Waals surface area contributed by atoms with Crippen molar-refractivity contribution < 1.29 is 39.3 Å². The Hall–Kier alpha value is -3.71. The van der Waals surface area contributed by atoms with Gasteiger partial charge >= 0.3 is 11.9 Å². The first-order valence-corrected chi connectivity index (χ1v) is 12.4. The number of amides is 3. The maximum atomic E-state index is 13.3. The van der Waals surface area contributed by atoms with Gasteiger partial charge in [0, 0.05) is 6.42 Å². The molecule has 0 unspecified atom stereocenters. The Morgan fingerprint density at radius 1 is 0.842 bits per heavy atom. The number of aromatic hydroxyl groups is 1. The highest BCUT2D eigenvalue weighted by molar-refractivity contribution is 5.94. The van der Waals surface area contributed by atoms with Crippen molar-refractivity contribution in [2.45, 2.75) is 76.5 Å². The first kappa shape index (κ1) is 32.3. The van der Waals surface area contributed by atoms with E-state index in [1.165, 1.54) is 12.1 Å². The fourth-order valence-corrected chi connectivity index (χ4v) is 3.62. The van der Waals surface area contributed by atoms with E-state index in [0.717, 1.165) is 0 Å². The Morgan fingerprint density at radius 2 is 1.39 bits per heavy atom. The summed E-state index contributed by atoms with van der Waals surface area (Å²) in [6, 6.07) is 1.07. The molecule has 0 aromatic heterocycles.